The second-order valence-electron chi connectivity index (χ2n) is 5.52. The molecule has 0 radical (unpaired) electrons. The molecule has 0 bridgehead atoms. The van der Waals surface area contributed by atoms with E-state index in [1.807, 2.05) is 24.3 Å². The van der Waals surface area contributed by atoms with Crippen LogP contribution in [0.4, 0.5) is 0 Å². The van der Waals surface area contributed by atoms with Gasteiger partial charge >= 0.3 is 5.76 Å². The molecule has 0 aliphatic rings. The van der Waals surface area contributed by atoms with Crippen LogP contribution < -0.4 is 10.5 Å². The molecule has 0 saturated carbocycles. The number of nitrogens with one attached hydrogen (secondary N) is 3. The molecule has 0 unspecified atom stereocenters. The third kappa shape index (κ3) is 3.06. The van der Waals surface area contributed by atoms with Gasteiger partial charge in [-0.3, -0.25) is 4.98 Å². The van der Waals surface area contributed by atoms with E-state index in [2.05, 4.69) is 19.7 Å². The fraction of sp³-hybridized carbons (Fsp3) is 0.125. The summed E-state index contributed by atoms with van der Waals surface area (Å²) in [5.74, 6) is 0.0842. The predicted molar refractivity (Wildman–Crippen MR) is 91.8 cm³/mol. The summed E-state index contributed by atoms with van der Waals surface area (Å²) >= 11 is 0. The molecule has 0 amide bonds. The molecule has 3 N–H and O–H groups in total. The Morgan fingerprint density at radius 2 is 1.92 bits per heavy atom. The molecule has 0 atom stereocenters. The van der Waals surface area contributed by atoms with Gasteiger partial charge in [0, 0.05) is 13.0 Å². The summed E-state index contributed by atoms with van der Waals surface area (Å²) in [6.45, 7) is 0.197. The van der Waals surface area contributed by atoms with Gasteiger partial charge in [0.15, 0.2) is 5.58 Å². The van der Waals surface area contributed by atoms with Gasteiger partial charge < -0.3 is 9.40 Å². The van der Waals surface area contributed by atoms with Crippen molar-refractivity contribution in [2.75, 3.05) is 6.54 Å². The minimum absolute atomic E-state index is 0.0571. The highest BCUT2D eigenvalue weighted by Crippen LogP contribution is 2.16. The van der Waals surface area contributed by atoms with Crippen molar-refractivity contribution in [2.24, 2.45) is 0 Å². The molecule has 0 saturated heterocycles. The lowest BCUT2D eigenvalue weighted by atomic mass is 10.3. The first kappa shape index (κ1) is 15.6. The normalized spacial score (nSPS) is 12.2. The van der Waals surface area contributed by atoms with E-state index < -0.39 is 15.8 Å². The Morgan fingerprint density at radius 3 is 2.76 bits per heavy atom. The Kier molecular flexibility index (Phi) is 3.66. The van der Waals surface area contributed by atoms with E-state index in [4.69, 9.17) is 4.42 Å². The number of rotatable bonds is 5. The molecule has 4 aromatic rings. The number of oxazole rings is 1. The van der Waals surface area contributed by atoms with Crippen molar-refractivity contribution in [2.45, 2.75) is 11.3 Å². The third-order valence-corrected chi connectivity index (χ3v) is 5.25. The standard InChI is InChI=1S/C16H14N4O4S/c21-16-20-13-9-10(5-6-14(13)24-16)25(22,23)17-8-7-15-18-11-3-1-2-4-12(11)19-15/h1-6,9,17H,7-8H2,(H,18,19)(H,20,21). The minimum Gasteiger partial charge on any atom is -0.408 e. The van der Waals surface area contributed by atoms with E-state index in [-0.39, 0.29) is 11.4 Å². The monoisotopic (exact) mass is 358 g/mol. The zero-order valence-electron chi connectivity index (χ0n) is 12.9. The summed E-state index contributed by atoms with van der Waals surface area (Å²) in [5.41, 5.74) is 2.40. The van der Waals surface area contributed by atoms with E-state index in [0.29, 0.717) is 23.3 Å². The minimum atomic E-state index is -3.70. The van der Waals surface area contributed by atoms with Crippen LogP contribution in [0.5, 0.6) is 0 Å². The summed E-state index contributed by atoms with van der Waals surface area (Å²) < 4.78 is 32.2. The fourth-order valence-corrected chi connectivity index (χ4v) is 3.67. The number of aromatic amines is 2. The molecule has 4 rings (SSSR count). The van der Waals surface area contributed by atoms with E-state index in [9.17, 15) is 13.2 Å². The van der Waals surface area contributed by atoms with Crippen LogP contribution in [-0.2, 0) is 16.4 Å². The van der Waals surface area contributed by atoms with Crippen LogP contribution in [-0.4, -0.2) is 29.9 Å². The molecule has 0 fully saturated rings. The highest BCUT2D eigenvalue weighted by Gasteiger charge is 2.15. The molecule has 9 heteroatoms. The fourth-order valence-electron chi connectivity index (χ4n) is 2.61. The van der Waals surface area contributed by atoms with Gasteiger partial charge in [-0.2, -0.15) is 0 Å². The van der Waals surface area contributed by atoms with Gasteiger partial charge in [0.2, 0.25) is 10.0 Å². The Bertz CT molecular complexity index is 1190. The number of para-hydroxylation sites is 2. The highest BCUT2D eigenvalue weighted by atomic mass is 32.2. The number of sulfonamides is 1. The molecule has 2 heterocycles. The van der Waals surface area contributed by atoms with Gasteiger partial charge in [-0.1, -0.05) is 12.1 Å². The van der Waals surface area contributed by atoms with Gasteiger partial charge in [-0.05, 0) is 30.3 Å². The maximum absolute atomic E-state index is 12.4. The Balaban J connectivity index is 1.49. The molecule has 0 spiro atoms. The molecule has 2 aromatic heterocycles. The Labute approximate surface area is 141 Å². The van der Waals surface area contributed by atoms with Crippen LogP contribution in [0.15, 0.2) is 56.6 Å². The van der Waals surface area contributed by atoms with Crippen LogP contribution in [0, 0.1) is 0 Å². The number of aromatic nitrogens is 3. The van der Waals surface area contributed by atoms with Crippen LogP contribution in [0.2, 0.25) is 0 Å². The summed E-state index contributed by atoms with van der Waals surface area (Å²) in [6, 6.07) is 11.8. The van der Waals surface area contributed by atoms with Crippen molar-refractivity contribution in [3.05, 3.63) is 58.8 Å². The van der Waals surface area contributed by atoms with Gasteiger partial charge in [-0.25, -0.2) is 22.9 Å². The average molecular weight is 358 g/mol. The molecule has 2 aromatic carbocycles. The molecule has 128 valence electrons. The van der Waals surface area contributed by atoms with Crippen LogP contribution >= 0.6 is 0 Å². The number of hydrogen-bond donors (Lipinski definition) is 3. The van der Waals surface area contributed by atoms with Crippen LogP contribution in [0.1, 0.15) is 5.82 Å². The van der Waals surface area contributed by atoms with Crippen molar-refractivity contribution in [3.63, 3.8) is 0 Å². The van der Waals surface area contributed by atoms with Crippen molar-refractivity contribution in [3.8, 4) is 0 Å². The largest absolute Gasteiger partial charge is 0.417 e. The number of H-pyrrole nitrogens is 2. The first-order chi connectivity index (χ1) is 12.0. The van der Waals surface area contributed by atoms with E-state index in [1.165, 1.54) is 18.2 Å². The molecule has 8 nitrogen and oxygen atoms in total. The Morgan fingerprint density at radius 1 is 1.08 bits per heavy atom. The number of hydrogen-bond acceptors (Lipinski definition) is 5. The van der Waals surface area contributed by atoms with Crippen molar-refractivity contribution < 1.29 is 12.8 Å². The molecular weight excluding hydrogens is 344 g/mol. The second kappa shape index (κ2) is 5.87. The second-order valence-corrected chi connectivity index (χ2v) is 7.29. The third-order valence-electron chi connectivity index (χ3n) is 3.79. The number of fused-ring (bicyclic) bond motifs is 2. The SMILES string of the molecule is O=c1[nH]c2cc(S(=O)(=O)NCCc3nc4ccccc4[nH]3)ccc2o1. The summed E-state index contributed by atoms with van der Waals surface area (Å²) in [5, 5.41) is 0. The van der Waals surface area contributed by atoms with Gasteiger partial charge in [0.05, 0.1) is 21.4 Å². The average Bonchev–Trinajstić information content (AvgIpc) is 3.15. The van der Waals surface area contributed by atoms with Gasteiger partial charge in [0.1, 0.15) is 5.82 Å². The summed E-state index contributed by atoms with van der Waals surface area (Å²) in [7, 11) is -3.70. The van der Waals surface area contributed by atoms with Gasteiger partial charge in [-0.15, -0.1) is 0 Å². The van der Waals surface area contributed by atoms with E-state index in [1.54, 1.807) is 0 Å². The van der Waals surface area contributed by atoms with Gasteiger partial charge in [0.25, 0.3) is 0 Å². The first-order valence-electron chi connectivity index (χ1n) is 7.57. The van der Waals surface area contributed by atoms with Crippen molar-refractivity contribution in [1.82, 2.24) is 19.7 Å². The summed E-state index contributed by atoms with van der Waals surface area (Å²) in [6.07, 6.45) is 0.429. The number of nitrogens with zero attached hydrogens (tertiary/aromatic N) is 1. The van der Waals surface area contributed by atoms with E-state index >= 15 is 0 Å². The molecular formula is C16H14N4O4S. The lowest BCUT2D eigenvalue weighted by Crippen LogP contribution is -2.26. The zero-order chi connectivity index (χ0) is 17.4. The predicted octanol–water partition coefficient (Wildman–Crippen LogP) is 1.52. The quantitative estimate of drug-likeness (QED) is 0.499. The topological polar surface area (TPSA) is 121 Å². The molecule has 25 heavy (non-hydrogen) atoms. The molecule has 0 aliphatic heterocycles. The lowest BCUT2D eigenvalue weighted by Gasteiger charge is -2.05. The van der Waals surface area contributed by atoms with Crippen LogP contribution in [0.25, 0.3) is 22.1 Å². The van der Waals surface area contributed by atoms with E-state index in [0.717, 1.165) is 11.0 Å². The zero-order valence-corrected chi connectivity index (χ0v) is 13.8. The van der Waals surface area contributed by atoms with Crippen LogP contribution in [0.3, 0.4) is 0 Å². The van der Waals surface area contributed by atoms with Crippen molar-refractivity contribution >= 4 is 32.2 Å². The number of benzene rings is 2. The summed E-state index contributed by atoms with van der Waals surface area (Å²) in [4.78, 5) is 21.2. The maximum atomic E-state index is 12.4. The van der Waals surface area contributed by atoms with Crippen molar-refractivity contribution in [1.29, 1.82) is 0 Å². The Hall–Kier alpha value is -2.91. The lowest BCUT2D eigenvalue weighted by molar-refractivity contribution is 0.555. The maximum Gasteiger partial charge on any atom is 0.417 e. The smallest absolute Gasteiger partial charge is 0.408 e. The molecule has 0 aliphatic carbocycles. The highest BCUT2D eigenvalue weighted by molar-refractivity contribution is 7.89. The first-order valence-corrected chi connectivity index (χ1v) is 9.06. The number of imidazole rings is 1.